The third-order valence-electron chi connectivity index (χ3n) is 5.31. The molecule has 0 aromatic rings. The summed E-state index contributed by atoms with van der Waals surface area (Å²) in [6.07, 6.45) is 7.05. The normalized spacial score (nSPS) is 37.0. The smallest absolute Gasteiger partial charge is 0.0159 e. The van der Waals surface area contributed by atoms with Crippen LogP contribution in [0.3, 0.4) is 0 Å². The van der Waals surface area contributed by atoms with Crippen molar-refractivity contribution in [3.8, 4) is 0 Å². The Morgan fingerprint density at radius 1 is 1.22 bits per heavy atom. The molecule has 0 spiro atoms. The maximum atomic E-state index is 3.76. The van der Waals surface area contributed by atoms with E-state index >= 15 is 0 Å². The highest BCUT2D eigenvalue weighted by molar-refractivity contribution is 4.97. The fourth-order valence-corrected chi connectivity index (χ4v) is 4.11. The fourth-order valence-electron chi connectivity index (χ4n) is 4.11. The molecule has 0 bridgehead atoms. The largest absolute Gasteiger partial charge is 0.313 e. The Labute approximate surface area is 114 Å². The van der Waals surface area contributed by atoms with E-state index in [1.54, 1.807) is 0 Å². The van der Waals surface area contributed by atoms with Crippen molar-refractivity contribution in [1.82, 2.24) is 10.2 Å². The van der Waals surface area contributed by atoms with Crippen LogP contribution in [-0.4, -0.2) is 36.6 Å². The van der Waals surface area contributed by atoms with E-state index in [1.807, 2.05) is 0 Å². The summed E-state index contributed by atoms with van der Waals surface area (Å²) in [7, 11) is 0. The van der Waals surface area contributed by atoms with Crippen molar-refractivity contribution in [1.29, 1.82) is 0 Å². The molecule has 2 heteroatoms. The van der Waals surface area contributed by atoms with Gasteiger partial charge in [0.25, 0.3) is 0 Å². The Morgan fingerprint density at radius 2 is 2.00 bits per heavy atom. The van der Waals surface area contributed by atoms with Crippen LogP contribution < -0.4 is 5.32 Å². The van der Waals surface area contributed by atoms with E-state index in [-0.39, 0.29) is 0 Å². The lowest BCUT2D eigenvalue weighted by Crippen LogP contribution is -2.48. The number of hydrogen-bond donors (Lipinski definition) is 1. The Hall–Kier alpha value is -0.0800. The Morgan fingerprint density at radius 3 is 2.67 bits per heavy atom. The van der Waals surface area contributed by atoms with Gasteiger partial charge < -0.3 is 10.2 Å². The van der Waals surface area contributed by atoms with Crippen LogP contribution in [0.4, 0.5) is 0 Å². The first-order valence-corrected chi connectivity index (χ1v) is 8.02. The number of nitrogens with zero attached hydrogens (tertiary/aromatic N) is 1. The van der Waals surface area contributed by atoms with Gasteiger partial charge in [0.2, 0.25) is 0 Å². The molecule has 2 nitrogen and oxygen atoms in total. The van der Waals surface area contributed by atoms with Gasteiger partial charge in [-0.1, -0.05) is 27.2 Å². The van der Waals surface area contributed by atoms with Crippen molar-refractivity contribution in [2.45, 2.75) is 71.9 Å². The maximum Gasteiger partial charge on any atom is 0.0159 e. The van der Waals surface area contributed by atoms with Crippen molar-refractivity contribution in [3.05, 3.63) is 0 Å². The van der Waals surface area contributed by atoms with Crippen molar-refractivity contribution < 1.29 is 0 Å². The van der Waals surface area contributed by atoms with E-state index in [1.165, 1.54) is 45.2 Å². The predicted octanol–water partition coefficient (Wildman–Crippen LogP) is 3.28. The predicted molar refractivity (Wildman–Crippen MR) is 78.9 cm³/mol. The number of piperidine rings is 1. The molecule has 2 rings (SSSR count). The van der Waals surface area contributed by atoms with Crippen molar-refractivity contribution in [2.24, 2.45) is 11.3 Å². The van der Waals surface area contributed by atoms with Gasteiger partial charge in [-0.05, 0) is 57.0 Å². The minimum Gasteiger partial charge on any atom is -0.313 e. The molecule has 0 radical (unpaired) electrons. The molecule has 1 saturated carbocycles. The zero-order valence-electron chi connectivity index (χ0n) is 12.8. The molecule has 18 heavy (non-hydrogen) atoms. The molecule has 1 aliphatic carbocycles. The highest BCUT2D eigenvalue weighted by atomic mass is 15.2. The molecule has 1 heterocycles. The summed E-state index contributed by atoms with van der Waals surface area (Å²) in [6, 6.07) is 1.53. The first-order chi connectivity index (χ1) is 8.54. The van der Waals surface area contributed by atoms with Gasteiger partial charge in [-0.2, -0.15) is 0 Å². The molecule has 1 aliphatic heterocycles. The van der Waals surface area contributed by atoms with Crippen LogP contribution >= 0.6 is 0 Å². The zero-order chi connectivity index (χ0) is 13.2. The van der Waals surface area contributed by atoms with Crippen LogP contribution in [0.2, 0.25) is 0 Å². The molecule has 3 unspecified atom stereocenters. The third-order valence-corrected chi connectivity index (χ3v) is 5.31. The second-order valence-corrected chi connectivity index (χ2v) is 7.16. The van der Waals surface area contributed by atoms with Crippen LogP contribution in [0.1, 0.15) is 59.8 Å². The molecular formula is C16H32N2. The topological polar surface area (TPSA) is 15.3 Å². The van der Waals surface area contributed by atoms with Gasteiger partial charge in [-0.25, -0.2) is 0 Å². The number of rotatable bonds is 4. The second-order valence-electron chi connectivity index (χ2n) is 7.16. The van der Waals surface area contributed by atoms with E-state index in [0.717, 1.165) is 24.5 Å². The van der Waals surface area contributed by atoms with E-state index < -0.39 is 0 Å². The lowest BCUT2D eigenvalue weighted by Gasteiger charge is -2.38. The average Bonchev–Trinajstić information content (AvgIpc) is 2.60. The number of nitrogens with one attached hydrogen (secondary N) is 1. The molecule has 0 aromatic heterocycles. The zero-order valence-corrected chi connectivity index (χ0v) is 12.8. The van der Waals surface area contributed by atoms with Crippen LogP contribution in [0.5, 0.6) is 0 Å². The summed E-state index contributed by atoms with van der Waals surface area (Å²) >= 11 is 0. The average molecular weight is 252 g/mol. The minimum absolute atomic E-state index is 0.486. The molecule has 3 atom stereocenters. The lowest BCUT2D eigenvalue weighted by molar-refractivity contribution is 0.119. The van der Waals surface area contributed by atoms with Gasteiger partial charge in [-0.15, -0.1) is 0 Å². The standard InChI is InChI=1S/C16H32N2/c1-5-17-15-14(9-10-16(15,3)4)12-18-11-7-6-8-13(18)2/h13-15,17H,5-12H2,1-4H3. The Balaban J connectivity index is 1.95. The summed E-state index contributed by atoms with van der Waals surface area (Å²) in [4.78, 5) is 2.75. The molecule has 1 saturated heterocycles. The summed E-state index contributed by atoms with van der Waals surface area (Å²) in [5.74, 6) is 0.862. The molecular weight excluding hydrogens is 220 g/mol. The van der Waals surface area contributed by atoms with Gasteiger partial charge >= 0.3 is 0 Å². The second kappa shape index (κ2) is 5.92. The highest BCUT2D eigenvalue weighted by Gasteiger charge is 2.42. The maximum absolute atomic E-state index is 3.76. The molecule has 106 valence electrons. The molecule has 1 N–H and O–H groups in total. The van der Waals surface area contributed by atoms with Gasteiger partial charge in [0.1, 0.15) is 0 Å². The van der Waals surface area contributed by atoms with Crippen LogP contribution in [0.15, 0.2) is 0 Å². The Bertz CT molecular complexity index is 262. The van der Waals surface area contributed by atoms with Crippen molar-refractivity contribution in [2.75, 3.05) is 19.6 Å². The van der Waals surface area contributed by atoms with Crippen LogP contribution in [-0.2, 0) is 0 Å². The fraction of sp³-hybridized carbons (Fsp3) is 1.00. The third kappa shape index (κ3) is 3.08. The number of likely N-dealkylation sites (tertiary alicyclic amines) is 1. The van der Waals surface area contributed by atoms with Gasteiger partial charge in [0.15, 0.2) is 0 Å². The first kappa shape index (κ1) is 14.3. The first-order valence-electron chi connectivity index (χ1n) is 8.02. The van der Waals surface area contributed by atoms with Crippen LogP contribution in [0.25, 0.3) is 0 Å². The summed E-state index contributed by atoms with van der Waals surface area (Å²) in [5, 5.41) is 3.76. The molecule has 2 fully saturated rings. The van der Waals surface area contributed by atoms with Crippen LogP contribution in [0, 0.1) is 11.3 Å². The van der Waals surface area contributed by atoms with Crippen molar-refractivity contribution in [3.63, 3.8) is 0 Å². The summed E-state index contributed by atoms with van der Waals surface area (Å²) in [5.41, 5.74) is 0.486. The van der Waals surface area contributed by atoms with E-state index in [2.05, 4.69) is 37.9 Å². The van der Waals surface area contributed by atoms with E-state index in [9.17, 15) is 0 Å². The lowest BCUT2D eigenvalue weighted by atomic mass is 9.84. The van der Waals surface area contributed by atoms with Crippen molar-refractivity contribution >= 4 is 0 Å². The molecule has 0 amide bonds. The van der Waals surface area contributed by atoms with E-state index in [4.69, 9.17) is 0 Å². The van der Waals surface area contributed by atoms with Gasteiger partial charge in [-0.3, -0.25) is 0 Å². The Kier molecular flexibility index (Phi) is 4.71. The molecule has 0 aromatic carbocycles. The number of hydrogen-bond acceptors (Lipinski definition) is 2. The summed E-state index contributed by atoms with van der Waals surface area (Å²) in [6.45, 7) is 13.3. The minimum atomic E-state index is 0.486. The quantitative estimate of drug-likeness (QED) is 0.826. The van der Waals surface area contributed by atoms with Gasteiger partial charge in [0.05, 0.1) is 0 Å². The monoisotopic (exact) mass is 252 g/mol. The summed E-state index contributed by atoms with van der Waals surface area (Å²) < 4.78 is 0. The molecule has 2 aliphatic rings. The SMILES string of the molecule is CCNC1C(CN2CCCCC2C)CCC1(C)C. The van der Waals surface area contributed by atoms with E-state index in [0.29, 0.717) is 5.41 Å². The highest BCUT2D eigenvalue weighted by Crippen LogP contribution is 2.42. The van der Waals surface area contributed by atoms with Gasteiger partial charge in [0, 0.05) is 18.6 Å².